The highest BCUT2D eigenvalue weighted by Crippen LogP contribution is 2.21. The van der Waals surface area contributed by atoms with Crippen molar-refractivity contribution >= 4 is 12.0 Å². The molecule has 4 heteroatoms. The van der Waals surface area contributed by atoms with Crippen molar-refractivity contribution in [3.63, 3.8) is 0 Å². The van der Waals surface area contributed by atoms with E-state index in [0.29, 0.717) is 17.9 Å². The molecule has 1 rings (SSSR count). The highest BCUT2D eigenvalue weighted by Gasteiger charge is 2.04. The lowest BCUT2D eigenvalue weighted by Gasteiger charge is -2.09. The van der Waals surface area contributed by atoms with Crippen molar-refractivity contribution in [2.45, 2.75) is 34.3 Å². The Hall–Kier alpha value is -2.33. The first kappa shape index (κ1) is 19.7. The molecule has 0 atom stereocenters. The lowest BCUT2D eigenvalue weighted by Crippen LogP contribution is -2.01. The zero-order valence-corrected chi connectivity index (χ0v) is 14.8. The van der Waals surface area contributed by atoms with Gasteiger partial charge in [0.05, 0.1) is 6.61 Å². The summed E-state index contributed by atoms with van der Waals surface area (Å²) in [6.07, 6.45) is 6.84. The molecule has 0 radical (unpaired) electrons. The van der Waals surface area contributed by atoms with Crippen LogP contribution in [0, 0.1) is 0 Å². The zero-order valence-electron chi connectivity index (χ0n) is 14.8. The Morgan fingerprint density at radius 1 is 1.08 bits per heavy atom. The van der Waals surface area contributed by atoms with Crippen LogP contribution in [0.5, 0.6) is 5.75 Å². The Bertz CT molecular complexity index is 631. The van der Waals surface area contributed by atoms with Crippen LogP contribution in [0.3, 0.4) is 0 Å². The molecule has 130 valence electrons. The highest BCUT2D eigenvalue weighted by atomic mass is 16.5. The number of carbonyl (C=O) groups is 1. The number of rotatable bonds is 8. The molecule has 0 aliphatic rings. The smallest absolute Gasteiger partial charge is 0.331 e. The molecule has 1 aromatic rings. The summed E-state index contributed by atoms with van der Waals surface area (Å²) in [5.41, 5.74) is 3.75. The van der Waals surface area contributed by atoms with Gasteiger partial charge in [-0.05, 0) is 63.6 Å². The second kappa shape index (κ2) is 10.4. The summed E-state index contributed by atoms with van der Waals surface area (Å²) in [5.74, 6) is 0.236. The molecule has 0 saturated heterocycles. The fraction of sp³-hybridized carbons (Fsp3) is 0.350. The van der Waals surface area contributed by atoms with Gasteiger partial charge in [0, 0.05) is 11.6 Å². The van der Waals surface area contributed by atoms with Gasteiger partial charge >= 0.3 is 5.97 Å². The molecule has 0 aromatic heterocycles. The van der Waals surface area contributed by atoms with Gasteiger partial charge in [0.1, 0.15) is 19.0 Å². The summed E-state index contributed by atoms with van der Waals surface area (Å²) in [5, 5.41) is 9.48. The molecule has 1 aromatic carbocycles. The van der Waals surface area contributed by atoms with Crippen LogP contribution in [-0.4, -0.2) is 24.3 Å². The molecule has 0 heterocycles. The second-order valence-corrected chi connectivity index (χ2v) is 5.86. The first-order valence-corrected chi connectivity index (χ1v) is 7.90. The van der Waals surface area contributed by atoms with E-state index in [1.54, 1.807) is 18.2 Å². The van der Waals surface area contributed by atoms with Crippen molar-refractivity contribution in [3.05, 3.63) is 58.7 Å². The van der Waals surface area contributed by atoms with Crippen LogP contribution in [0.15, 0.2) is 47.6 Å². The molecule has 4 nitrogen and oxygen atoms in total. The van der Waals surface area contributed by atoms with E-state index < -0.39 is 5.97 Å². The van der Waals surface area contributed by atoms with E-state index in [2.05, 4.69) is 0 Å². The predicted octanol–water partition coefficient (Wildman–Crippen LogP) is 4.05. The van der Waals surface area contributed by atoms with E-state index >= 15 is 0 Å². The Morgan fingerprint density at radius 3 is 2.38 bits per heavy atom. The van der Waals surface area contributed by atoms with Crippen LogP contribution in [0.1, 0.15) is 38.8 Å². The van der Waals surface area contributed by atoms with E-state index in [0.717, 1.165) is 11.1 Å². The molecular weight excluding hydrogens is 304 g/mol. The number of hydrogen-bond acceptors (Lipinski definition) is 4. The molecule has 0 aliphatic carbocycles. The predicted molar refractivity (Wildman–Crippen MR) is 96.7 cm³/mol. The van der Waals surface area contributed by atoms with Gasteiger partial charge in [-0.15, -0.1) is 0 Å². The number of benzene rings is 1. The van der Waals surface area contributed by atoms with E-state index in [9.17, 15) is 9.90 Å². The Labute approximate surface area is 144 Å². The van der Waals surface area contributed by atoms with E-state index in [4.69, 9.17) is 9.47 Å². The van der Waals surface area contributed by atoms with Crippen molar-refractivity contribution < 1.29 is 19.4 Å². The maximum Gasteiger partial charge on any atom is 0.331 e. The summed E-state index contributed by atoms with van der Waals surface area (Å²) >= 11 is 0. The largest absolute Gasteiger partial charge is 0.489 e. The monoisotopic (exact) mass is 330 g/mol. The Kier molecular flexibility index (Phi) is 8.58. The molecule has 0 spiro atoms. The first-order chi connectivity index (χ1) is 11.4. The number of ether oxygens (including phenoxy) is 2. The minimum Gasteiger partial charge on any atom is -0.489 e. The summed E-state index contributed by atoms with van der Waals surface area (Å²) < 4.78 is 10.7. The molecule has 0 bridgehead atoms. The number of hydrogen-bond donors (Lipinski definition) is 1. The number of allylic oxidation sites excluding steroid dienone is 2. The normalized spacial score (nSPS) is 10.4. The first-order valence-electron chi connectivity index (χ1n) is 7.90. The van der Waals surface area contributed by atoms with Gasteiger partial charge in [0.15, 0.2) is 0 Å². The summed E-state index contributed by atoms with van der Waals surface area (Å²) in [4.78, 5) is 11.6. The van der Waals surface area contributed by atoms with Crippen molar-refractivity contribution in [1.82, 2.24) is 0 Å². The SMILES string of the molecule is CC(C)=CCOC(=O)/C=C/c1ccc(OCC=C(C)C)c(CO)c1. The number of carbonyl (C=O) groups excluding carboxylic acids is 1. The van der Waals surface area contributed by atoms with Gasteiger partial charge in [-0.3, -0.25) is 0 Å². The van der Waals surface area contributed by atoms with Crippen molar-refractivity contribution in [2.24, 2.45) is 0 Å². The van der Waals surface area contributed by atoms with Gasteiger partial charge in [-0.25, -0.2) is 4.79 Å². The standard InChI is InChI=1S/C20H26O4/c1-15(2)9-11-23-19-7-5-17(13-18(19)14-21)6-8-20(22)24-12-10-16(3)4/h5-10,13,21H,11-12,14H2,1-4H3/b8-6+. The second-order valence-electron chi connectivity index (χ2n) is 5.86. The van der Waals surface area contributed by atoms with Crippen LogP contribution >= 0.6 is 0 Å². The zero-order chi connectivity index (χ0) is 17.9. The number of esters is 1. The third kappa shape index (κ3) is 7.79. The van der Waals surface area contributed by atoms with Crippen molar-refractivity contribution in [2.75, 3.05) is 13.2 Å². The Balaban J connectivity index is 2.69. The average Bonchev–Trinajstić information content (AvgIpc) is 2.53. The highest BCUT2D eigenvalue weighted by molar-refractivity contribution is 5.87. The summed E-state index contributed by atoms with van der Waals surface area (Å²) in [7, 11) is 0. The van der Waals surface area contributed by atoms with Gasteiger partial charge in [0.25, 0.3) is 0 Å². The summed E-state index contributed by atoms with van der Waals surface area (Å²) in [6.45, 7) is 8.49. The number of aliphatic hydroxyl groups is 1. The molecule has 0 fully saturated rings. The number of aliphatic hydroxyl groups excluding tert-OH is 1. The topological polar surface area (TPSA) is 55.8 Å². The third-order valence-electron chi connectivity index (χ3n) is 3.11. The summed E-state index contributed by atoms with van der Waals surface area (Å²) in [6, 6.07) is 5.41. The quantitative estimate of drug-likeness (QED) is 0.444. The lowest BCUT2D eigenvalue weighted by atomic mass is 10.1. The van der Waals surface area contributed by atoms with E-state index in [-0.39, 0.29) is 13.2 Å². The molecule has 24 heavy (non-hydrogen) atoms. The minimum atomic E-state index is -0.401. The van der Waals surface area contributed by atoms with Crippen LogP contribution in [0.2, 0.25) is 0 Å². The van der Waals surface area contributed by atoms with Crippen LogP contribution in [0.4, 0.5) is 0 Å². The minimum absolute atomic E-state index is 0.128. The molecule has 0 unspecified atom stereocenters. The van der Waals surface area contributed by atoms with Crippen LogP contribution < -0.4 is 4.74 Å². The van der Waals surface area contributed by atoms with Gasteiger partial charge in [-0.2, -0.15) is 0 Å². The molecule has 0 amide bonds. The molecular formula is C20H26O4. The Morgan fingerprint density at radius 2 is 1.75 bits per heavy atom. The van der Waals surface area contributed by atoms with Crippen LogP contribution in [-0.2, 0) is 16.1 Å². The van der Waals surface area contributed by atoms with Crippen molar-refractivity contribution in [3.8, 4) is 5.75 Å². The fourth-order valence-electron chi connectivity index (χ4n) is 1.77. The average molecular weight is 330 g/mol. The fourth-order valence-corrected chi connectivity index (χ4v) is 1.77. The maximum atomic E-state index is 11.6. The molecule has 0 saturated carbocycles. The molecule has 0 aliphatic heterocycles. The lowest BCUT2D eigenvalue weighted by molar-refractivity contribution is -0.136. The van der Waals surface area contributed by atoms with E-state index in [1.807, 2.05) is 45.9 Å². The van der Waals surface area contributed by atoms with Gasteiger partial charge < -0.3 is 14.6 Å². The van der Waals surface area contributed by atoms with Gasteiger partial charge in [-0.1, -0.05) is 17.2 Å². The third-order valence-corrected chi connectivity index (χ3v) is 3.11. The van der Waals surface area contributed by atoms with Crippen LogP contribution in [0.25, 0.3) is 6.08 Å². The van der Waals surface area contributed by atoms with E-state index in [1.165, 1.54) is 11.6 Å². The van der Waals surface area contributed by atoms with Crippen molar-refractivity contribution in [1.29, 1.82) is 0 Å². The van der Waals surface area contributed by atoms with Gasteiger partial charge in [0.2, 0.25) is 0 Å². The molecule has 1 N–H and O–H groups in total. The maximum absolute atomic E-state index is 11.6.